The molecule has 1 aromatic rings. The van der Waals surface area contributed by atoms with Crippen LogP contribution in [0.15, 0.2) is 24.3 Å². The third kappa shape index (κ3) is 6.48. The first-order valence-corrected chi connectivity index (χ1v) is 7.15. The maximum absolute atomic E-state index is 10.6. The van der Waals surface area contributed by atoms with Gasteiger partial charge in [0.05, 0.1) is 6.61 Å². The Kier molecular flexibility index (Phi) is 7.34. The third-order valence-corrected chi connectivity index (χ3v) is 3.21. The lowest BCUT2D eigenvalue weighted by atomic mass is 10.1. The Hall–Kier alpha value is -1.22. The topological polar surface area (TPSA) is 46.5 Å². The Morgan fingerprint density at radius 1 is 1.26 bits per heavy atom. The van der Waals surface area contributed by atoms with Crippen molar-refractivity contribution in [3.63, 3.8) is 0 Å². The molecule has 0 aliphatic rings. The summed E-state index contributed by atoms with van der Waals surface area (Å²) in [6.45, 7) is 2.91. The molecule has 1 aromatic carbocycles. The van der Waals surface area contributed by atoms with Gasteiger partial charge in [0.1, 0.15) is 11.1 Å². The van der Waals surface area contributed by atoms with Crippen LogP contribution in [0.5, 0.6) is 5.75 Å². The fourth-order valence-electron chi connectivity index (χ4n) is 1.73. The summed E-state index contributed by atoms with van der Waals surface area (Å²) in [5.74, 6) is -0.167. The number of rotatable bonds is 9. The molecule has 0 heterocycles. The van der Waals surface area contributed by atoms with E-state index < -0.39 is 11.3 Å². The van der Waals surface area contributed by atoms with Crippen LogP contribution in [0.1, 0.15) is 38.2 Å². The molecular formula is C15H21ClO3. The van der Waals surface area contributed by atoms with Gasteiger partial charge in [-0.15, -0.1) is 11.6 Å². The second kappa shape index (κ2) is 8.81. The lowest BCUT2D eigenvalue weighted by Gasteiger charge is -2.08. The van der Waals surface area contributed by atoms with Gasteiger partial charge in [-0.3, -0.25) is 4.79 Å². The zero-order valence-electron chi connectivity index (χ0n) is 11.3. The maximum Gasteiger partial charge on any atom is 0.321 e. The maximum atomic E-state index is 10.6. The monoisotopic (exact) mass is 284 g/mol. The SMILES string of the molecule is CCCCCCOc1ccc(CC(Cl)C(=O)O)cc1. The minimum absolute atomic E-state index is 0.327. The number of ether oxygens (including phenoxy) is 1. The van der Waals surface area contributed by atoms with E-state index in [1.165, 1.54) is 19.3 Å². The van der Waals surface area contributed by atoms with E-state index in [1.54, 1.807) is 0 Å². The quantitative estimate of drug-likeness (QED) is 0.553. The fraction of sp³-hybridized carbons (Fsp3) is 0.533. The van der Waals surface area contributed by atoms with E-state index in [0.29, 0.717) is 6.42 Å². The van der Waals surface area contributed by atoms with E-state index in [4.69, 9.17) is 21.4 Å². The highest BCUT2D eigenvalue weighted by atomic mass is 35.5. The average Bonchev–Trinajstić information content (AvgIpc) is 2.40. The minimum Gasteiger partial charge on any atom is -0.494 e. The molecule has 1 rings (SSSR count). The molecule has 0 aromatic heterocycles. The van der Waals surface area contributed by atoms with Crippen LogP contribution in [0.2, 0.25) is 0 Å². The summed E-state index contributed by atoms with van der Waals surface area (Å²) in [4.78, 5) is 10.6. The summed E-state index contributed by atoms with van der Waals surface area (Å²) in [6.07, 6.45) is 5.06. The van der Waals surface area contributed by atoms with Crippen molar-refractivity contribution in [2.24, 2.45) is 0 Å². The van der Waals surface area contributed by atoms with Crippen molar-refractivity contribution in [3.05, 3.63) is 29.8 Å². The van der Waals surface area contributed by atoms with E-state index in [9.17, 15) is 4.79 Å². The van der Waals surface area contributed by atoms with Crippen molar-refractivity contribution >= 4 is 17.6 Å². The van der Waals surface area contributed by atoms with Gasteiger partial charge in [-0.2, -0.15) is 0 Å². The molecule has 1 atom stereocenters. The van der Waals surface area contributed by atoms with E-state index in [1.807, 2.05) is 24.3 Å². The first-order chi connectivity index (χ1) is 9.13. The van der Waals surface area contributed by atoms with Crippen molar-refractivity contribution in [1.82, 2.24) is 0 Å². The van der Waals surface area contributed by atoms with Crippen LogP contribution in [0.4, 0.5) is 0 Å². The molecule has 0 fully saturated rings. The predicted molar refractivity (Wildman–Crippen MR) is 77.1 cm³/mol. The molecule has 0 aliphatic heterocycles. The van der Waals surface area contributed by atoms with Gasteiger partial charge in [-0.05, 0) is 30.5 Å². The normalized spacial score (nSPS) is 12.1. The van der Waals surface area contributed by atoms with E-state index in [-0.39, 0.29) is 0 Å². The van der Waals surface area contributed by atoms with Crippen molar-refractivity contribution in [2.45, 2.75) is 44.4 Å². The van der Waals surface area contributed by atoms with Gasteiger partial charge >= 0.3 is 5.97 Å². The van der Waals surface area contributed by atoms with Gasteiger partial charge in [-0.25, -0.2) is 0 Å². The molecule has 0 saturated carbocycles. The molecule has 106 valence electrons. The number of hydrogen-bond donors (Lipinski definition) is 1. The molecule has 1 N–H and O–H groups in total. The van der Waals surface area contributed by atoms with Crippen molar-refractivity contribution in [2.75, 3.05) is 6.61 Å². The van der Waals surface area contributed by atoms with Crippen molar-refractivity contribution in [3.8, 4) is 5.75 Å². The minimum atomic E-state index is -0.988. The van der Waals surface area contributed by atoms with E-state index >= 15 is 0 Å². The number of aliphatic carboxylic acids is 1. The number of carbonyl (C=O) groups is 1. The first-order valence-electron chi connectivity index (χ1n) is 6.72. The second-order valence-electron chi connectivity index (χ2n) is 4.56. The number of carboxylic acids is 1. The van der Waals surface area contributed by atoms with Crippen LogP contribution in [-0.4, -0.2) is 23.1 Å². The van der Waals surface area contributed by atoms with Gasteiger partial charge in [0, 0.05) is 0 Å². The summed E-state index contributed by atoms with van der Waals surface area (Å²) in [7, 11) is 0. The Labute approximate surface area is 119 Å². The second-order valence-corrected chi connectivity index (χ2v) is 5.09. The number of carboxylic acid groups (broad SMARTS) is 1. The molecule has 0 amide bonds. The summed E-state index contributed by atoms with van der Waals surface area (Å²) < 4.78 is 5.61. The van der Waals surface area contributed by atoms with Crippen LogP contribution in [0, 0.1) is 0 Å². The highest BCUT2D eigenvalue weighted by molar-refractivity contribution is 6.29. The molecule has 1 unspecified atom stereocenters. The van der Waals surface area contributed by atoms with E-state index in [2.05, 4.69) is 6.92 Å². The Balaban J connectivity index is 2.33. The molecule has 0 aliphatic carbocycles. The standard InChI is InChI=1S/C15H21ClO3/c1-2-3-4-5-10-19-13-8-6-12(7-9-13)11-14(16)15(17)18/h6-9,14H,2-5,10-11H2,1H3,(H,17,18). The molecule has 4 heteroatoms. The highest BCUT2D eigenvalue weighted by Crippen LogP contribution is 2.15. The largest absolute Gasteiger partial charge is 0.494 e. The zero-order chi connectivity index (χ0) is 14.1. The molecule has 0 saturated heterocycles. The molecule has 0 spiro atoms. The summed E-state index contributed by atoms with van der Waals surface area (Å²) in [5.41, 5.74) is 0.903. The predicted octanol–water partition coefficient (Wildman–Crippen LogP) is 3.88. The smallest absolute Gasteiger partial charge is 0.321 e. The first kappa shape index (κ1) is 15.8. The van der Waals surface area contributed by atoms with Gasteiger partial charge in [0.2, 0.25) is 0 Å². The van der Waals surface area contributed by atoms with E-state index in [0.717, 1.165) is 24.3 Å². The van der Waals surface area contributed by atoms with Gasteiger partial charge in [0.25, 0.3) is 0 Å². The van der Waals surface area contributed by atoms with Gasteiger partial charge in [0.15, 0.2) is 0 Å². The highest BCUT2D eigenvalue weighted by Gasteiger charge is 2.13. The number of benzene rings is 1. The third-order valence-electron chi connectivity index (χ3n) is 2.87. The molecule has 19 heavy (non-hydrogen) atoms. The molecule has 3 nitrogen and oxygen atoms in total. The summed E-state index contributed by atoms with van der Waals surface area (Å²) in [6, 6.07) is 7.45. The van der Waals surface area contributed by atoms with Gasteiger partial charge in [-0.1, -0.05) is 38.3 Å². The summed E-state index contributed by atoms with van der Waals surface area (Å²) in [5, 5.41) is 7.85. The molecule has 0 radical (unpaired) electrons. The fourth-order valence-corrected chi connectivity index (χ4v) is 1.91. The number of halogens is 1. The van der Waals surface area contributed by atoms with Gasteiger partial charge < -0.3 is 9.84 Å². The van der Waals surface area contributed by atoms with Crippen LogP contribution >= 0.6 is 11.6 Å². The molecule has 0 bridgehead atoms. The van der Waals surface area contributed by atoms with Crippen molar-refractivity contribution in [1.29, 1.82) is 0 Å². The number of hydrogen-bond acceptors (Lipinski definition) is 2. The Bertz CT molecular complexity index is 375. The number of unbranched alkanes of at least 4 members (excludes halogenated alkanes) is 3. The lowest BCUT2D eigenvalue weighted by Crippen LogP contribution is -2.15. The Morgan fingerprint density at radius 2 is 1.95 bits per heavy atom. The zero-order valence-corrected chi connectivity index (χ0v) is 12.0. The summed E-state index contributed by atoms with van der Waals surface area (Å²) >= 11 is 5.69. The van der Waals surface area contributed by atoms with Crippen LogP contribution in [0.3, 0.4) is 0 Å². The lowest BCUT2D eigenvalue weighted by molar-refractivity contribution is -0.136. The Morgan fingerprint density at radius 3 is 2.53 bits per heavy atom. The molecular weight excluding hydrogens is 264 g/mol. The van der Waals surface area contributed by atoms with Crippen LogP contribution in [0.25, 0.3) is 0 Å². The average molecular weight is 285 g/mol. The van der Waals surface area contributed by atoms with Crippen molar-refractivity contribution < 1.29 is 14.6 Å². The van der Waals surface area contributed by atoms with Crippen LogP contribution < -0.4 is 4.74 Å². The number of alkyl halides is 1. The van der Waals surface area contributed by atoms with Crippen LogP contribution in [-0.2, 0) is 11.2 Å².